The SMILES string of the molecule is CCNC(Cc1ccccc1F)c1cccc(Cl)c1Cl. The van der Waals surface area contributed by atoms with Gasteiger partial charge >= 0.3 is 0 Å². The van der Waals surface area contributed by atoms with Crippen LogP contribution < -0.4 is 5.32 Å². The summed E-state index contributed by atoms with van der Waals surface area (Å²) in [5.74, 6) is -0.200. The summed E-state index contributed by atoms with van der Waals surface area (Å²) in [4.78, 5) is 0. The van der Waals surface area contributed by atoms with Gasteiger partial charge in [-0.15, -0.1) is 0 Å². The van der Waals surface area contributed by atoms with E-state index in [1.165, 1.54) is 6.07 Å². The van der Waals surface area contributed by atoms with Gasteiger partial charge in [-0.3, -0.25) is 0 Å². The Hall–Kier alpha value is -1.09. The van der Waals surface area contributed by atoms with Crippen molar-refractivity contribution in [3.63, 3.8) is 0 Å². The van der Waals surface area contributed by atoms with E-state index in [2.05, 4.69) is 5.32 Å². The molecule has 0 fully saturated rings. The van der Waals surface area contributed by atoms with E-state index in [-0.39, 0.29) is 11.9 Å². The molecule has 0 saturated heterocycles. The van der Waals surface area contributed by atoms with Crippen LogP contribution in [0.3, 0.4) is 0 Å². The highest BCUT2D eigenvalue weighted by Crippen LogP contribution is 2.31. The summed E-state index contributed by atoms with van der Waals surface area (Å²) >= 11 is 12.3. The molecule has 2 aromatic rings. The molecule has 0 amide bonds. The zero-order valence-electron chi connectivity index (χ0n) is 11.2. The van der Waals surface area contributed by atoms with Gasteiger partial charge in [0.25, 0.3) is 0 Å². The minimum absolute atomic E-state index is 0.0666. The molecule has 1 unspecified atom stereocenters. The molecule has 2 rings (SSSR count). The number of benzene rings is 2. The van der Waals surface area contributed by atoms with Crippen molar-refractivity contribution in [2.45, 2.75) is 19.4 Å². The molecule has 2 aromatic carbocycles. The van der Waals surface area contributed by atoms with E-state index in [4.69, 9.17) is 23.2 Å². The quantitative estimate of drug-likeness (QED) is 0.817. The minimum atomic E-state index is -0.200. The van der Waals surface area contributed by atoms with Crippen LogP contribution in [0.2, 0.25) is 10.0 Å². The van der Waals surface area contributed by atoms with Crippen LogP contribution in [0.25, 0.3) is 0 Å². The Morgan fingerprint density at radius 2 is 1.85 bits per heavy atom. The average Bonchev–Trinajstić information content (AvgIpc) is 2.44. The highest BCUT2D eigenvalue weighted by atomic mass is 35.5. The van der Waals surface area contributed by atoms with Crippen LogP contribution in [0.5, 0.6) is 0 Å². The lowest BCUT2D eigenvalue weighted by Gasteiger charge is -2.20. The molecule has 20 heavy (non-hydrogen) atoms. The number of rotatable bonds is 5. The maximum absolute atomic E-state index is 13.8. The predicted molar refractivity (Wildman–Crippen MR) is 83.0 cm³/mol. The third kappa shape index (κ3) is 3.51. The molecule has 0 radical (unpaired) electrons. The molecule has 106 valence electrons. The van der Waals surface area contributed by atoms with Gasteiger partial charge in [-0.1, -0.05) is 60.5 Å². The second kappa shape index (κ2) is 7.07. The van der Waals surface area contributed by atoms with Gasteiger partial charge in [0, 0.05) is 6.04 Å². The van der Waals surface area contributed by atoms with Crippen molar-refractivity contribution in [3.8, 4) is 0 Å². The van der Waals surface area contributed by atoms with Crippen LogP contribution in [0.1, 0.15) is 24.1 Å². The Morgan fingerprint density at radius 3 is 2.55 bits per heavy atom. The van der Waals surface area contributed by atoms with Gasteiger partial charge in [0.1, 0.15) is 5.82 Å². The first-order chi connectivity index (χ1) is 9.63. The van der Waals surface area contributed by atoms with Crippen molar-refractivity contribution in [1.29, 1.82) is 0 Å². The van der Waals surface area contributed by atoms with Crippen molar-refractivity contribution >= 4 is 23.2 Å². The molecule has 0 bridgehead atoms. The molecule has 1 N–H and O–H groups in total. The fourth-order valence-electron chi connectivity index (χ4n) is 2.21. The van der Waals surface area contributed by atoms with Crippen LogP contribution in [-0.2, 0) is 6.42 Å². The molecular formula is C16H16Cl2FN. The molecule has 0 spiro atoms. The zero-order chi connectivity index (χ0) is 14.5. The molecule has 0 aromatic heterocycles. The fraction of sp³-hybridized carbons (Fsp3) is 0.250. The summed E-state index contributed by atoms with van der Waals surface area (Å²) in [6.07, 6.45) is 0.528. The zero-order valence-corrected chi connectivity index (χ0v) is 12.7. The summed E-state index contributed by atoms with van der Waals surface area (Å²) < 4.78 is 13.8. The van der Waals surface area contributed by atoms with Crippen LogP contribution in [0, 0.1) is 5.82 Å². The number of hydrogen-bond acceptors (Lipinski definition) is 1. The fourth-order valence-corrected chi connectivity index (χ4v) is 2.65. The Morgan fingerprint density at radius 1 is 1.10 bits per heavy atom. The monoisotopic (exact) mass is 311 g/mol. The Kier molecular flexibility index (Phi) is 5.41. The molecule has 4 heteroatoms. The third-order valence-corrected chi connectivity index (χ3v) is 4.02. The first-order valence-electron chi connectivity index (χ1n) is 6.54. The normalized spacial score (nSPS) is 12.4. The van der Waals surface area contributed by atoms with E-state index in [0.29, 0.717) is 22.0 Å². The molecular weight excluding hydrogens is 296 g/mol. The number of hydrogen-bond donors (Lipinski definition) is 1. The topological polar surface area (TPSA) is 12.0 Å². The van der Waals surface area contributed by atoms with E-state index in [1.54, 1.807) is 18.2 Å². The molecule has 0 heterocycles. The largest absolute Gasteiger partial charge is 0.310 e. The first kappa shape index (κ1) is 15.3. The van der Waals surface area contributed by atoms with Crippen molar-refractivity contribution < 1.29 is 4.39 Å². The second-order valence-electron chi connectivity index (χ2n) is 4.55. The van der Waals surface area contributed by atoms with E-state index in [1.807, 2.05) is 25.1 Å². The van der Waals surface area contributed by atoms with Crippen molar-refractivity contribution in [2.24, 2.45) is 0 Å². The summed E-state index contributed by atoms with van der Waals surface area (Å²) in [6.45, 7) is 2.77. The predicted octanol–water partition coefficient (Wildman–Crippen LogP) is 5.03. The van der Waals surface area contributed by atoms with Crippen LogP contribution in [-0.4, -0.2) is 6.54 Å². The highest BCUT2D eigenvalue weighted by Gasteiger charge is 2.17. The van der Waals surface area contributed by atoms with E-state index >= 15 is 0 Å². The second-order valence-corrected chi connectivity index (χ2v) is 5.33. The maximum atomic E-state index is 13.8. The summed E-state index contributed by atoms with van der Waals surface area (Å²) in [6, 6.07) is 12.2. The summed E-state index contributed by atoms with van der Waals surface area (Å²) in [7, 11) is 0. The van der Waals surface area contributed by atoms with E-state index in [9.17, 15) is 4.39 Å². The summed E-state index contributed by atoms with van der Waals surface area (Å²) in [5, 5.41) is 4.37. The molecule has 0 aliphatic heterocycles. The van der Waals surface area contributed by atoms with Gasteiger partial charge in [0.15, 0.2) is 0 Å². The lowest BCUT2D eigenvalue weighted by atomic mass is 9.98. The van der Waals surface area contributed by atoms with Crippen molar-refractivity contribution in [1.82, 2.24) is 5.32 Å². The van der Waals surface area contributed by atoms with Gasteiger partial charge < -0.3 is 5.32 Å². The van der Waals surface area contributed by atoms with Gasteiger partial charge in [0.2, 0.25) is 0 Å². The number of halogens is 3. The van der Waals surface area contributed by atoms with Gasteiger partial charge in [-0.05, 0) is 36.2 Å². The van der Waals surface area contributed by atoms with Gasteiger partial charge in [0.05, 0.1) is 10.0 Å². The van der Waals surface area contributed by atoms with Crippen LogP contribution in [0.15, 0.2) is 42.5 Å². The minimum Gasteiger partial charge on any atom is -0.310 e. The number of likely N-dealkylation sites (N-methyl/N-ethyl adjacent to an activating group) is 1. The van der Waals surface area contributed by atoms with Crippen molar-refractivity contribution in [2.75, 3.05) is 6.54 Å². The Labute approximate surface area is 128 Å². The Balaban J connectivity index is 2.32. The highest BCUT2D eigenvalue weighted by molar-refractivity contribution is 6.42. The molecule has 0 aliphatic carbocycles. The number of nitrogens with one attached hydrogen (secondary N) is 1. The summed E-state index contributed by atoms with van der Waals surface area (Å²) in [5.41, 5.74) is 1.55. The Bertz CT molecular complexity index is 586. The van der Waals surface area contributed by atoms with Crippen LogP contribution in [0.4, 0.5) is 4.39 Å². The standard InChI is InChI=1S/C16H16Cl2FN/c1-2-20-15(10-11-6-3-4-9-14(11)19)12-7-5-8-13(17)16(12)18/h3-9,15,20H,2,10H2,1H3. The molecule has 0 saturated carbocycles. The molecule has 0 aliphatic rings. The van der Waals surface area contributed by atoms with Crippen LogP contribution >= 0.6 is 23.2 Å². The van der Waals surface area contributed by atoms with Gasteiger partial charge in [-0.25, -0.2) is 4.39 Å². The van der Waals surface area contributed by atoms with Gasteiger partial charge in [-0.2, -0.15) is 0 Å². The average molecular weight is 312 g/mol. The van der Waals surface area contributed by atoms with E-state index < -0.39 is 0 Å². The first-order valence-corrected chi connectivity index (χ1v) is 7.29. The lowest BCUT2D eigenvalue weighted by molar-refractivity contribution is 0.528. The smallest absolute Gasteiger partial charge is 0.126 e. The van der Waals surface area contributed by atoms with E-state index in [0.717, 1.165) is 12.1 Å². The molecule has 1 nitrogen and oxygen atoms in total. The molecule has 1 atom stereocenters. The lowest BCUT2D eigenvalue weighted by Crippen LogP contribution is -2.23. The van der Waals surface area contributed by atoms with Crippen molar-refractivity contribution in [3.05, 3.63) is 69.5 Å². The third-order valence-electron chi connectivity index (χ3n) is 3.19. The maximum Gasteiger partial charge on any atom is 0.126 e.